The van der Waals surface area contributed by atoms with Gasteiger partial charge in [-0.05, 0) is 37.7 Å². The molecule has 1 aromatic carbocycles. The molecule has 3 rings (SSSR count). The molecule has 1 aliphatic rings. The Morgan fingerprint density at radius 3 is 2.44 bits per heavy atom. The maximum atomic E-state index is 12.6. The molecule has 25 heavy (non-hydrogen) atoms. The molecule has 1 N–H and O–H groups in total. The Hall–Kier alpha value is -2.11. The van der Waals surface area contributed by atoms with Gasteiger partial charge >= 0.3 is 0 Å². The highest BCUT2D eigenvalue weighted by molar-refractivity contribution is 5.95. The van der Waals surface area contributed by atoms with Crippen molar-refractivity contribution in [1.82, 2.24) is 19.7 Å². The van der Waals surface area contributed by atoms with Gasteiger partial charge in [-0.2, -0.15) is 0 Å². The largest absolute Gasteiger partial charge is 0.353 e. The quantitative estimate of drug-likeness (QED) is 0.906. The smallest absolute Gasteiger partial charge is 0.251 e. The lowest BCUT2D eigenvalue weighted by atomic mass is 10.1. The van der Waals surface area contributed by atoms with E-state index in [0.717, 1.165) is 37.3 Å². The number of nitrogens with zero attached hydrogens (tertiary/aromatic N) is 3. The molecule has 0 saturated carbocycles. The molecule has 1 aliphatic heterocycles. The number of hydrogen-bond donors (Lipinski definition) is 1. The van der Waals surface area contributed by atoms with Gasteiger partial charge in [-0.3, -0.25) is 9.69 Å². The third-order valence-corrected chi connectivity index (χ3v) is 5.15. The van der Waals surface area contributed by atoms with Crippen molar-refractivity contribution in [3.63, 3.8) is 0 Å². The minimum absolute atomic E-state index is 0.00596. The van der Waals surface area contributed by atoms with Crippen LogP contribution in [0, 0.1) is 6.92 Å². The Bertz CT molecular complexity index is 716. The Kier molecular flexibility index (Phi) is 5.56. The van der Waals surface area contributed by atoms with Gasteiger partial charge < -0.3 is 14.8 Å². The number of carbonyl (C=O) groups excluding carboxylic acids is 1. The second-order valence-electron chi connectivity index (χ2n) is 6.92. The molecule has 1 amide bonds. The standard InChI is InChI=1S/C20H28N4O/c1-16-7-4-5-8-17(16)20(25)21-15-19(18-9-6-10-23(18)3)24-13-11-22(2)12-14-24/h4-10,19H,11-15H2,1-3H3,(H,21,25). The van der Waals surface area contributed by atoms with Crippen LogP contribution in [0.4, 0.5) is 0 Å². The molecule has 0 aliphatic carbocycles. The van der Waals surface area contributed by atoms with Gasteiger partial charge in [-0.15, -0.1) is 0 Å². The molecule has 1 aromatic heterocycles. The fraction of sp³-hybridized carbons (Fsp3) is 0.450. The van der Waals surface area contributed by atoms with Gasteiger partial charge in [-0.1, -0.05) is 18.2 Å². The molecular formula is C20H28N4O. The number of hydrogen-bond acceptors (Lipinski definition) is 3. The van der Waals surface area contributed by atoms with Crippen LogP contribution in [0.15, 0.2) is 42.6 Å². The monoisotopic (exact) mass is 340 g/mol. The fourth-order valence-corrected chi connectivity index (χ4v) is 3.49. The van der Waals surface area contributed by atoms with Crippen LogP contribution in [-0.2, 0) is 7.05 Å². The van der Waals surface area contributed by atoms with Crippen LogP contribution in [0.1, 0.15) is 27.7 Å². The van der Waals surface area contributed by atoms with Crippen LogP contribution in [0.5, 0.6) is 0 Å². The average Bonchev–Trinajstić information content (AvgIpc) is 3.03. The molecule has 5 nitrogen and oxygen atoms in total. The summed E-state index contributed by atoms with van der Waals surface area (Å²) in [5.74, 6) is 0.00596. The van der Waals surface area contributed by atoms with E-state index in [2.05, 4.69) is 52.1 Å². The van der Waals surface area contributed by atoms with Crippen LogP contribution in [0.3, 0.4) is 0 Å². The van der Waals surface area contributed by atoms with Crippen molar-refractivity contribution in [1.29, 1.82) is 0 Å². The Morgan fingerprint density at radius 2 is 1.80 bits per heavy atom. The summed E-state index contributed by atoms with van der Waals surface area (Å²) in [7, 11) is 4.23. The molecule has 2 heterocycles. The lowest BCUT2D eigenvalue weighted by Gasteiger charge is -2.38. The van der Waals surface area contributed by atoms with Gasteiger partial charge in [0.25, 0.3) is 5.91 Å². The number of carbonyl (C=O) groups is 1. The number of nitrogens with one attached hydrogen (secondary N) is 1. The highest BCUT2D eigenvalue weighted by atomic mass is 16.1. The molecule has 1 atom stereocenters. The third-order valence-electron chi connectivity index (χ3n) is 5.15. The minimum atomic E-state index is 0.00596. The molecular weight excluding hydrogens is 312 g/mol. The molecule has 0 spiro atoms. The zero-order valence-electron chi connectivity index (χ0n) is 15.4. The van der Waals surface area contributed by atoms with Crippen LogP contribution >= 0.6 is 0 Å². The summed E-state index contributed by atoms with van der Waals surface area (Å²) in [5, 5.41) is 3.16. The topological polar surface area (TPSA) is 40.5 Å². The van der Waals surface area contributed by atoms with Crippen LogP contribution in [0.25, 0.3) is 0 Å². The van der Waals surface area contributed by atoms with E-state index in [9.17, 15) is 4.79 Å². The predicted molar refractivity (Wildman–Crippen MR) is 101 cm³/mol. The number of benzene rings is 1. The maximum absolute atomic E-state index is 12.6. The highest BCUT2D eigenvalue weighted by Crippen LogP contribution is 2.22. The van der Waals surface area contributed by atoms with E-state index in [0.29, 0.717) is 6.54 Å². The Morgan fingerprint density at radius 1 is 1.08 bits per heavy atom. The highest BCUT2D eigenvalue weighted by Gasteiger charge is 2.26. The van der Waals surface area contributed by atoms with Gasteiger partial charge in [0.05, 0.1) is 6.04 Å². The van der Waals surface area contributed by atoms with Gasteiger partial charge in [0.15, 0.2) is 0 Å². The minimum Gasteiger partial charge on any atom is -0.353 e. The first kappa shape index (κ1) is 17.7. The summed E-state index contributed by atoms with van der Waals surface area (Å²) in [6, 6.07) is 12.2. The lowest BCUT2D eigenvalue weighted by Crippen LogP contribution is -2.49. The SMILES string of the molecule is Cc1ccccc1C(=O)NCC(c1cccn1C)N1CCN(C)CC1. The van der Waals surface area contributed by atoms with E-state index >= 15 is 0 Å². The van der Waals surface area contributed by atoms with Crippen molar-refractivity contribution < 1.29 is 4.79 Å². The summed E-state index contributed by atoms with van der Waals surface area (Å²) in [6.07, 6.45) is 2.07. The van der Waals surface area contributed by atoms with Crippen LogP contribution in [0.2, 0.25) is 0 Å². The first-order valence-electron chi connectivity index (χ1n) is 8.94. The van der Waals surface area contributed by atoms with E-state index in [-0.39, 0.29) is 11.9 Å². The number of rotatable bonds is 5. The van der Waals surface area contributed by atoms with E-state index in [1.165, 1.54) is 5.69 Å². The van der Waals surface area contributed by atoms with Crippen molar-refractivity contribution >= 4 is 5.91 Å². The maximum Gasteiger partial charge on any atom is 0.251 e. The van der Waals surface area contributed by atoms with Gasteiger partial charge in [0.1, 0.15) is 0 Å². The zero-order chi connectivity index (χ0) is 17.8. The Balaban J connectivity index is 1.73. The molecule has 0 radical (unpaired) electrons. The van der Waals surface area contributed by atoms with Crippen molar-refractivity contribution in [3.8, 4) is 0 Å². The van der Waals surface area contributed by atoms with E-state index in [1.54, 1.807) is 0 Å². The number of likely N-dealkylation sites (N-methyl/N-ethyl adjacent to an activating group) is 1. The average molecular weight is 340 g/mol. The summed E-state index contributed by atoms with van der Waals surface area (Å²) < 4.78 is 2.16. The van der Waals surface area contributed by atoms with Crippen molar-refractivity contribution in [2.24, 2.45) is 7.05 Å². The van der Waals surface area contributed by atoms with Crippen LogP contribution < -0.4 is 5.32 Å². The van der Waals surface area contributed by atoms with Gasteiger partial charge in [0.2, 0.25) is 0 Å². The lowest BCUT2D eigenvalue weighted by molar-refractivity contribution is 0.0876. The van der Waals surface area contributed by atoms with Crippen LogP contribution in [-0.4, -0.2) is 60.0 Å². The second kappa shape index (κ2) is 7.85. The third kappa shape index (κ3) is 4.11. The normalized spacial score (nSPS) is 17.4. The molecule has 134 valence electrons. The van der Waals surface area contributed by atoms with E-state index in [1.807, 2.05) is 31.2 Å². The fourth-order valence-electron chi connectivity index (χ4n) is 3.49. The Labute approximate surface area is 150 Å². The number of aryl methyl sites for hydroxylation is 2. The van der Waals surface area contributed by atoms with Gasteiger partial charge in [-0.25, -0.2) is 0 Å². The van der Waals surface area contributed by atoms with E-state index < -0.39 is 0 Å². The van der Waals surface area contributed by atoms with Gasteiger partial charge in [0, 0.05) is 57.2 Å². The summed E-state index contributed by atoms with van der Waals surface area (Å²) in [4.78, 5) is 17.4. The van der Waals surface area contributed by atoms with E-state index in [4.69, 9.17) is 0 Å². The molecule has 1 saturated heterocycles. The number of aromatic nitrogens is 1. The molecule has 5 heteroatoms. The predicted octanol–water partition coefficient (Wildman–Crippen LogP) is 2.05. The first-order chi connectivity index (χ1) is 12.1. The number of amides is 1. The zero-order valence-corrected chi connectivity index (χ0v) is 15.4. The second-order valence-corrected chi connectivity index (χ2v) is 6.92. The van der Waals surface area contributed by atoms with Crippen molar-refractivity contribution in [2.45, 2.75) is 13.0 Å². The summed E-state index contributed by atoms with van der Waals surface area (Å²) in [5.41, 5.74) is 3.01. The summed E-state index contributed by atoms with van der Waals surface area (Å²) in [6.45, 7) is 6.76. The molecule has 0 bridgehead atoms. The first-order valence-corrected chi connectivity index (χ1v) is 8.94. The van der Waals surface area contributed by atoms with Crippen molar-refractivity contribution in [3.05, 3.63) is 59.4 Å². The summed E-state index contributed by atoms with van der Waals surface area (Å²) >= 11 is 0. The number of piperazine rings is 1. The molecule has 1 unspecified atom stereocenters. The molecule has 2 aromatic rings. The van der Waals surface area contributed by atoms with Crippen molar-refractivity contribution in [2.75, 3.05) is 39.8 Å². The molecule has 1 fully saturated rings.